The van der Waals surface area contributed by atoms with Crippen molar-refractivity contribution in [3.63, 3.8) is 0 Å². The van der Waals surface area contributed by atoms with Crippen LogP contribution in [-0.2, 0) is 18.4 Å². The summed E-state index contributed by atoms with van der Waals surface area (Å²) in [6.07, 6.45) is 5.66. The normalized spacial score (nSPS) is 19.0. The first-order chi connectivity index (χ1) is 11.2. The van der Waals surface area contributed by atoms with E-state index in [1.165, 1.54) is 0 Å². The molecule has 2 aliphatic rings. The lowest BCUT2D eigenvalue weighted by molar-refractivity contribution is 0.171. The molecular weight excluding hydrogens is 294 g/mol. The molecule has 1 aliphatic carbocycles. The molecule has 0 spiro atoms. The molecule has 1 fully saturated rings. The minimum absolute atomic E-state index is 0.390. The second-order valence-corrected chi connectivity index (χ2v) is 6.35. The lowest BCUT2D eigenvalue weighted by Gasteiger charge is -2.18. The van der Waals surface area contributed by atoms with Crippen LogP contribution in [-0.4, -0.2) is 23.4 Å². The van der Waals surface area contributed by atoms with Crippen molar-refractivity contribution in [2.75, 3.05) is 13.2 Å². The number of aryl methyl sites for hydroxylation is 2. The van der Waals surface area contributed by atoms with E-state index >= 15 is 0 Å². The van der Waals surface area contributed by atoms with Crippen LogP contribution in [0.5, 0.6) is 11.5 Å². The van der Waals surface area contributed by atoms with Gasteiger partial charge in [0, 0.05) is 6.42 Å². The largest absolute Gasteiger partial charge is 0.486 e. The van der Waals surface area contributed by atoms with E-state index in [0.29, 0.717) is 31.3 Å². The highest BCUT2D eigenvalue weighted by Gasteiger charge is 2.35. The fourth-order valence-corrected chi connectivity index (χ4v) is 3.28. The zero-order valence-electron chi connectivity index (χ0n) is 13.1. The summed E-state index contributed by atoms with van der Waals surface area (Å²) in [4.78, 5) is 4.51. The van der Waals surface area contributed by atoms with E-state index in [0.717, 1.165) is 49.2 Å². The van der Waals surface area contributed by atoms with Gasteiger partial charge in [0.25, 0.3) is 0 Å². The number of ether oxygens (including phenoxy) is 2. The Labute approximate surface area is 135 Å². The second kappa shape index (κ2) is 5.85. The molecule has 6 nitrogen and oxygen atoms in total. The fraction of sp³-hybridized carbons (Fsp3) is 0.529. The Hall–Kier alpha value is -2.08. The number of nitrogens with two attached hydrogens (primary N) is 1. The van der Waals surface area contributed by atoms with E-state index < -0.39 is 5.54 Å². The standard InChI is InChI=1S/C17H21N3O3/c18-17(7-1-2-8-17)16-19-15(23-20-16)6-4-12-3-5-13-14(11-12)22-10-9-21-13/h3,5,11H,1-2,4,6-10,18H2. The minimum Gasteiger partial charge on any atom is -0.486 e. The highest BCUT2D eigenvalue weighted by atomic mass is 16.6. The predicted molar refractivity (Wildman–Crippen MR) is 83.5 cm³/mol. The van der Waals surface area contributed by atoms with Crippen LogP contribution in [0.25, 0.3) is 0 Å². The van der Waals surface area contributed by atoms with Crippen LogP contribution in [0, 0.1) is 0 Å². The molecule has 0 atom stereocenters. The number of benzene rings is 1. The van der Waals surface area contributed by atoms with Crippen molar-refractivity contribution in [2.45, 2.75) is 44.1 Å². The summed E-state index contributed by atoms with van der Waals surface area (Å²) in [6, 6.07) is 6.02. The van der Waals surface area contributed by atoms with Crippen molar-refractivity contribution in [1.29, 1.82) is 0 Å². The lowest BCUT2D eigenvalue weighted by Crippen LogP contribution is -2.34. The molecule has 0 unspecified atom stereocenters. The SMILES string of the molecule is NC1(c2noc(CCc3ccc4c(c3)OCCO4)n2)CCCC1. The molecule has 1 aromatic heterocycles. The van der Waals surface area contributed by atoms with Crippen LogP contribution in [0.2, 0.25) is 0 Å². The number of hydrogen-bond acceptors (Lipinski definition) is 6. The van der Waals surface area contributed by atoms with Crippen LogP contribution in [0.4, 0.5) is 0 Å². The van der Waals surface area contributed by atoms with Gasteiger partial charge < -0.3 is 19.7 Å². The molecule has 4 rings (SSSR count). The molecule has 0 bridgehead atoms. The molecule has 1 aromatic carbocycles. The smallest absolute Gasteiger partial charge is 0.227 e. The van der Waals surface area contributed by atoms with Crippen molar-refractivity contribution < 1.29 is 14.0 Å². The number of aromatic nitrogens is 2. The Morgan fingerprint density at radius 3 is 2.65 bits per heavy atom. The maximum Gasteiger partial charge on any atom is 0.227 e. The molecule has 0 radical (unpaired) electrons. The van der Waals surface area contributed by atoms with Crippen LogP contribution in [0.3, 0.4) is 0 Å². The van der Waals surface area contributed by atoms with Gasteiger partial charge in [-0.3, -0.25) is 0 Å². The molecule has 0 amide bonds. The number of fused-ring (bicyclic) bond motifs is 1. The lowest BCUT2D eigenvalue weighted by atomic mass is 9.99. The van der Waals surface area contributed by atoms with Crippen LogP contribution in [0.1, 0.15) is 43.0 Å². The molecule has 2 aromatic rings. The Morgan fingerprint density at radius 1 is 1.04 bits per heavy atom. The first-order valence-electron chi connectivity index (χ1n) is 8.23. The first kappa shape index (κ1) is 14.5. The maximum absolute atomic E-state index is 6.36. The summed E-state index contributed by atoms with van der Waals surface area (Å²) in [5.41, 5.74) is 7.14. The third-order valence-corrected chi connectivity index (χ3v) is 4.64. The zero-order valence-corrected chi connectivity index (χ0v) is 13.1. The van der Waals surface area contributed by atoms with Gasteiger partial charge >= 0.3 is 0 Å². The van der Waals surface area contributed by atoms with Crippen LogP contribution >= 0.6 is 0 Å². The maximum atomic E-state index is 6.36. The van der Waals surface area contributed by atoms with Crippen molar-refractivity contribution >= 4 is 0 Å². The zero-order chi connectivity index (χ0) is 15.7. The van der Waals surface area contributed by atoms with Gasteiger partial charge in [0.15, 0.2) is 17.3 Å². The summed E-state index contributed by atoms with van der Waals surface area (Å²) >= 11 is 0. The summed E-state index contributed by atoms with van der Waals surface area (Å²) in [5, 5.41) is 4.10. The van der Waals surface area contributed by atoms with Crippen molar-refractivity contribution in [2.24, 2.45) is 5.73 Å². The van der Waals surface area contributed by atoms with Crippen molar-refractivity contribution in [1.82, 2.24) is 10.1 Å². The predicted octanol–water partition coefficient (Wildman–Crippen LogP) is 2.35. The highest BCUT2D eigenvalue weighted by Crippen LogP contribution is 2.35. The van der Waals surface area contributed by atoms with Crippen molar-refractivity contribution in [3.8, 4) is 11.5 Å². The van der Waals surface area contributed by atoms with Crippen LogP contribution < -0.4 is 15.2 Å². The average Bonchev–Trinajstić information content (AvgIpc) is 3.23. The monoisotopic (exact) mass is 315 g/mol. The molecule has 6 heteroatoms. The molecular formula is C17H21N3O3. The Morgan fingerprint density at radius 2 is 1.83 bits per heavy atom. The summed E-state index contributed by atoms with van der Waals surface area (Å²) in [6.45, 7) is 1.21. The Balaban J connectivity index is 1.42. The van der Waals surface area contributed by atoms with Gasteiger partial charge in [-0.15, -0.1) is 0 Å². The molecule has 0 saturated heterocycles. The number of rotatable bonds is 4. The topological polar surface area (TPSA) is 83.4 Å². The number of hydrogen-bond donors (Lipinski definition) is 1. The molecule has 122 valence electrons. The van der Waals surface area contributed by atoms with E-state index in [4.69, 9.17) is 19.7 Å². The molecule has 1 saturated carbocycles. The molecule has 2 heterocycles. The van der Waals surface area contributed by atoms with Gasteiger partial charge in [0.05, 0.1) is 5.54 Å². The van der Waals surface area contributed by atoms with Gasteiger partial charge in [-0.2, -0.15) is 4.98 Å². The summed E-state index contributed by atoms with van der Waals surface area (Å²) < 4.78 is 16.5. The van der Waals surface area contributed by atoms with E-state index in [1.807, 2.05) is 18.2 Å². The minimum atomic E-state index is -0.390. The highest BCUT2D eigenvalue weighted by molar-refractivity contribution is 5.43. The van der Waals surface area contributed by atoms with Gasteiger partial charge in [-0.1, -0.05) is 24.1 Å². The molecule has 2 N–H and O–H groups in total. The van der Waals surface area contributed by atoms with E-state index in [-0.39, 0.29) is 0 Å². The van der Waals surface area contributed by atoms with Gasteiger partial charge in [-0.25, -0.2) is 0 Å². The first-order valence-corrected chi connectivity index (χ1v) is 8.23. The van der Waals surface area contributed by atoms with Crippen LogP contribution in [0.15, 0.2) is 22.7 Å². The summed E-state index contributed by atoms with van der Waals surface area (Å²) in [5.74, 6) is 2.93. The van der Waals surface area contributed by atoms with E-state index in [2.05, 4.69) is 10.1 Å². The van der Waals surface area contributed by atoms with Gasteiger partial charge in [0.2, 0.25) is 5.89 Å². The fourth-order valence-electron chi connectivity index (χ4n) is 3.28. The average molecular weight is 315 g/mol. The van der Waals surface area contributed by atoms with E-state index in [1.54, 1.807) is 0 Å². The third kappa shape index (κ3) is 2.91. The Bertz CT molecular complexity index is 692. The quantitative estimate of drug-likeness (QED) is 0.932. The Kier molecular flexibility index (Phi) is 3.69. The van der Waals surface area contributed by atoms with E-state index in [9.17, 15) is 0 Å². The van der Waals surface area contributed by atoms with Gasteiger partial charge in [0.1, 0.15) is 13.2 Å². The molecule has 23 heavy (non-hydrogen) atoms. The second-order valence-electron chi connectivity index (χ2n) is 6.35. The summed E-state index contributed by atoms with van der Waals surface area (Å²) in [7, 11) is 0. The molecule has 1 aliphatic heterocycles. The number of nitrogens with zero attached hydrogens (tertiary/aromatic N) is 2. The van der Waals surface area contributed by atoms with Crippen molar-refractivity contribution in [3.05, 3.63) is 35.5 Å². The third-order valence-electron chi connectivity index (χ3n) is 4.64. The van der Waals surface area contributed by atoms with Gasteiger partial charge in [-0.05, 0) is 37.0 Å².